The molecule has 0 radical (unpaired) electrons. The molecule has 0 fully saturated rings. The lowest BCUT2D eigenvalue weighted by Crippen LogP contribution is -2.50. The fourth-order valence-corrected chi connectivity index (χ4v) is 4.45. The zero-order valence-corrected chi connectivity index (χ0v) is 22.7. The lowest BCUT2D eigenvalue weighted by Gasteiger charge is -2.35. The highest BCUT2D eigenvalue weighted by molar-refractivity contribution is 5.71. The van der Waals surface area contributed by atoms with Crippen molar-refractivity contribution in [2.75, 3.05) is 65.6 Å². The Morgan fingerprint density at radius 1 is 0.694 bits per heavy atom. The summed E-state index contributed by atoms with van der Waals surface area (Å²) in [4.78, 5) is 6.78. The monoisotopic (exact) mass is 492 g/mol. The van der Waals surface area contributed by atoms with E-state index in [1.165, 1.54) is 0 Å². The molecule has 0 bridgehead atoms. The van der Waals surface area contributed by atoms with Gasteiger partial charge in [-0.25, -0.2) is 20.2 Å². The van der Waals surface area contributed by atoms with Crippen LogP contribution in [-0.2, 0) is 0 Å². The second-order valence-electron chi connectivity index (χ2n) is 8.71. The third kappa shape index (κ3) is 7.22. The third-order valence-electron chi connectivity index (χ3n) is 7.70. The van der Waals surface area contributed by atoms with E-state index in [0.717, 1.165) is 61.3 Å². The van der Waals surface area contributed by atoms with Crippen LogP contribution < -0.4 is 19.9 Å². The van der Waals surface area contributed by atoms with Crippen LogP contribution in [0.2, 0.25) is 0 Å². The largest absolute Gasteiger partial charge is 0.488 e. The minimum absolute atomic E-state index is 0.120. The maximum absolute atomic E-state index is 9.60. The first-order chi connectivity index (χ1) is 17.3. The van der Waals surface area contributed by atoms with E-state index in [2.05, 4.69) is 51.2 Å². The van der Waals surface area contributed by atoms with Crippen molar-refractivity contribution in [3.05, 3.63) is 45.4 Å². The molecule has 0 aromatic heterocycles. The molecule has 0 aliphatic carbocycles. The molecule has 0 N–H and O–H groups in total. The van der Waals surface area contributed by atoms with E-state index in [4.69, 9.17) is 22.6 Å². The zero-order valence-electron chi connectivity index (χ0n) is 22.7. The predicted molar refractivity (Wildman–Crippen MR) is 141 cm³/mol. The van der Waals surface area contributed by atoms with Gasteiger partial charge in [0.15, 0.2) is 0 Å². The Morgan fingerprint density at radius 2 is 1.00 bits per heavy atom. The van der Waals surface area contributed by atoms with Gasteiger partial charge in [0.1, 0.15) is 37.8 Å². The van der Waals surface area contributed by atoms with E-state index >= 15 is 0 Å². The van der Waals surface area contributed by atoms with Gasteiger partial charge in [-0.1, -0.05) is 0 Å². The average Bonchev–Trinajstić information content (AvgIpc) is 2.92. The summed E-state index contributed by atoms with van der Waals surface area (Å²) >= 11 is 0. The standard InChI is InChI=1S/C28H40N6O2/c1-9-33(10-2,11-3)15-17-35-27-19-24(26(22-30)32-8)28(20-23(27)25(21-29)31-7)36-18-16-34(12-4,13-5)14-6/h19-20H,9-18H2,1-6H3/q+2/b25-23-,26-24+. The number of ether oxygens (including phenoxy) is 2. The SMILES string of the molecule is [C-]#[N+]/C(C#N)=c1/cc(OCC[N+](CC)(CC)CC)/c(=C(\C#N)[N+]#[C-])cc1OCC[N+](CC)(CC)CC. The summed E-state index contributed by atoms with van der Waals surface area (Å²) in [5.74, 6) is 0.618. The van der Waals surface area contributed by atoms with E-state index in [0.29, 0.717) is 35.2 Å². The van der Waals surface area contributed by atoms with Crippen LogP contribution in [0.3, 0.4) is 0 Å². The molecule has 0 saturated heterocycles. The van der Waals surface area contributed by atoms with Crippen LogP contribution in [-0.4, -0.2) is 74.5 Å². The van der Waals surface area contributed by atoms with Crippen LogP contribution in [0.15, 0.2) is 12.1 Å². The molecule has 1 aromatic carbocycles. The molecular formula is C28H40N6O2+2. The fraction of sp³-hybridized carbons (Fsp3) is 0.571. The van der Waals surface area contributed by atoms with Crippen LogP contribution in [0.4, 0.5) is 0 Å². The molecule has 0 saturated carbocycles. The summed E-state index contributed by atoms with van der Waals surface area (Å²) in [6, 6.07) is 7.04. The summed E-state index contributed by atoms with van der Waals surface area (Å²) in [7, 11) is 0. The number of hydrogen-bond donors (Lipinski definition) is 0. The molecule has 8 nitrogen and oxygen atoms in total. The zero-order chi connectivity index (χ0) is 27.2. The smallest absolute Gasteiger partial charge is 0.272 e. The van der Waals surface area contributed by atoms with Gasteiger partial charge in [-0.2, -0.15) is 0 Å². The molecule has 0 aliphatic heterocycles. The second-order valence-corrected chi connectivity index (χ2v) is 8.71. The van der Waals surface area contributed by atoms with Gasteiger partial charge in [0.25, 0.3) is 11.4 Å². The van der Waals surface area contributed by atoms with Crippen molar-refractivity contribution < 1.29 is 18.4 Å². The molecule has 192 valence electrons. The Labute approximate surface area is 216 Å². The normalized spacial score (nSPS) is 12.9. The lowest BCUT2D eigenvalue weighted by atomic mass is 10.1. The molecule has 0 spiro atoms. The predicted octanol–water partition coefficient (Wildman–Crippen LogP) is 3.30. The number of rotatable bonds is 14. The lowest BCUT2D eigenvalue weighted by molar-refractivity contribution is -0.923. The Morgan fingerprint density at radius 3 is 1.22 bits per heavy atom. The van der Waals surface area contributed by atoms with Gasteiger partial charge in [-0.3, -0.25) is 0 Å². The third-order valence-corrected chi connectivity index (χ3v) is 7.70. The van der Waals surface area contributed by atoms with Crippen molar-refractivity contribution >= 4 is 11.4 Å². The molecule has 0 atom stereocenters. The van der Waals surface area contributed by atoms with Crippen molar-refractivity contribution in [2.24, 2.45) is 0 Å². The second kappa shape index (κ2) is 14.8. The fourth-order valence-electron chi connectivity index (χ4n) is 4.45. The van der Waals surface area contributed by atoms with Gasteiger partial charge in [0.05, 0.1) is 64.6 Å². The summed E-state index contributed by atoms with van der Waals surface area (Å²) in [6.45, 7) is 36.0. The quantitative estimate of drug-likeness (QED) is 0.295. The first-order valence-corrected chi connectivity index (χ1v) is 12.8. The van der Waals surface area contributed by atoms with Crippen molar-refractivity contribution in [3.8, 4) is 23.6 Å². The average molecular weight is 493 g/mol. The molecule has 8 heteroatoms. The van der Waals surface area contributed by atoms with Crippen LogP contribution in [0.5, 0.6) is 11.5 Å². The van der Waals surface area contributed by atoms with Gasteiger partial charge in [-0.05, 0) is 53.7 Å². The summed E-state index contributed by atoms with van der Waals surface area (Å²) in [5.41, 5.74) is -0.239. The molecular weight excluding hydrogens is 452 g/mol. The number of benzene rings is 1. The maximum Gasteiger partial charge on any atom is 0.272 e. The van der Waals surface area contributed by atoms with E-state index in [1.807, 2.05) is 12.1 Å². The van der Waals surface area contributed by atoms with Gasteiger partial charge in [-0.15, -0.1) is 0 Å². The highest BCUT2D eigenvalue weighted by Crippen LogP contribution is 2.14. The topological polar surface area (TPSA) is 74.8 Å². The summed E-state index contributed by atoms with van der Waals surface area (Å²) < 4.78 is 14.0. The molecule has 0 unspecified atom stereocenters. The van der Waals surface area contributed by atoms with Crippen molar-refractivity contribution in [2.45, 2.75) is 41.5 Å². The highest BCUT2D eigenvalue weighted by atomic mass is 16.5. The first-order valence-electron chi connectivity index (χ1n) is 12.8. The van der Waals surface area contributed by atoms with Gasteiger partial charge < -0.3 is 18.4 Å². The number of hydrogen-bond acceptors (Lipinski definition) is 4. The molecule has 0 amide bonds. The van der Waals surface area contributed by atoms with Crippen LogP contribution >= 0.6 is 0 Å². The molecule has 0 heterocycles. The maximum atomic E-state index is 9.60. The summed E-state index contributed by atoms with van der Waals surface area (Å²) in [6.07, 6.45) is 0. The number of nitrogens with zero attached hydrogens (tertiary/aromatic N) is 6. The van der Waals surface area contributed by atoms with Crippen molar-refractivity contribution in [1.29, 1.82) is 10.5 Å². The van der Waals surface area contributed by atoms with E-state index < -0.39 is 0 Å². The molecule has 1 aromatic rings. The minimum atomic E-state index is -0.120. The highest BCUT2D eigenvalue weighted by Gasteiger charge is 2.22. The summed E-state index contributed by atoms with van der Waals surface area (Å²) in [5, 5.41) is 19.8. The number of quaternary nitrogens is 2. The van der Waals surface area contributed by atoms with Gasteiger partial charge in [0, 0.05) is 10.4 Å². The van der Waals surface area contributed by atoms with Crippen LogP contribution in [0, 0.1) is 35.8 Å². The van der Waals surface area contributed by atoms with Crippen LogP contribution in [0.25, 0.3) is 21.1 Å². The van der Waals surface area contributed by atoms with Gasteiger partial charge >= 0.3 is 0 Å². The molecule has 1 rings (SSSR count). The van der Waals surface area contributed by atoms with Gasteiger partial charge in [0.2, 0.25) is 0 Å². The first kappa shape index (κ1) is 30.5. The van der Waals surface area contributed by atoms with E-state index in [-0.39, 0.29) is 11.4 Å². The molecule has 36 heavy (non-hydrogen) atoms. The van der Waals surface area contributed by atoms with Crippen molar-refractivity contribution in [3.63, 3.8) is 0 Å². The Kier molecular flexibility index (Phi) is 12.5. The van der Waals surface area contributed by atoms with Crippen molar-refractivity contribution in [1.82, 2.24) is 0 Å². The minimum Gasteiger partial charge on any atom is -0.488 e. The van der Waals surface area contributed by atoms with Crippen LogP contribution in [0.1, 0.15) is 41.5 Å². The molecule has 0 aliphatic rings. The number of nitriles is 2. The van der Waals surface area contributed by atoms with E-state index in [1.54, 1.807) is 12.1 Å². The Balaban J connectivity index is 3.61. The van der Waals surface area contributed by atoms with E-state index in [9.17, 15) is 10.5 Å². The Bertz CT molecular complexity index is 1030. The number of likely N-dealkylation sites (N-methyl/N-ethyl adjacent to an activating group) is 2. The Hall–Kier alpha value is -3.56.